The lowest BCUT2D eigenvalue weighted by Gasteiger charge is -2.06. The summed E-state index contributed by atoms with van der Waals surface area (Å²) in [6.07, 6.45) is 0. The van der Waals surface area contributed by atoms with E-state index in [-0.39, 0.29) is 5.56 Å². The van der Waals surface area contributed by atoms with Crippen molar-refractivity contribution in [1.29, 1.82) is 0 Å². The minimum Gasteiger partial charge on any atom is -0.489 e. The molecule has 0 spiro atoms. The van der Waals surface area contributed by atoms with E-state index in [1.165, 1.54) is 0 Å². The van der Waals surface area contributed by atoms with E-state index in [1.54, 1.807) is 10.5 Å². The van der Waals surface area contributed by atoms with Gasteiger partial charge in [-0.2, -0.15) is 0 Å². The zero-order valence-corrected chi connectivity index (χ0v) is 13.9. The number of para-hydroxylation sites is 1. The van der Waals surface area contributed by atoms with Gasteiger partial charge >= 0.3 is 0 Å². The van der Waals surface area contributed by atoms with Gasteiger partial charge in [0.05, 0.1) is 10.9 Å². The highest BCUT2D eigenvalue weighted by molar-refractivity contribution is 5.89. The van der Waals surface area contributed by atoms with Crippen LogP contribution in [0.1, 0.15) is 5.56 Å². The molecule has 126 valence electrons. The molecule has 26 heavy (non-hydrogen) atoms. The van der Waals surface area contributed by atoms with Crippen LogP contribution in [-0.4, -0.2) is 4.40 Å². The SMILES string of the molecule is O=c1c2ccccc2oc2cc3cc(OCc4ccccc4)ccc3n12. The zero-order chi connectivity index (χ0) is 17.5. The molecule has 0 bridgehead atoms. The summed E-state index contributed by atoms with van der Waals surface area (Å²) in [6.45, 7) is 0.501. The quantitative estimate of drug-likeness (QED) is 0.474. The average Bonchev–Trinajstić information content (AvgIpc) is 3.05. The summed E-state index contributed by atoms with van der Waals surface area (Å²) in [6, 6.07) is 24.9. The van der Waals surface area contributed by atoms with E-state index in [0.29, 0.717) is 23.3 Å². The fraction of sp³-hybridized carbons (Fsp3) is 0.0455. The fourth-order valence-corrected chi connectivity index (χ4v) is 3.25. The van der Waals surface area contributed by atoms with E-state index in [0.717, 1.165) is 22.2 Å². The molecule has 0 aliphatic carbocycles. The largest absolute Gasteiger partial charge is 0.489 e. The minimum absolute atomic E-state index is 0.0743. The van der Waals surface area contributed by atoms with Crippen LogP contribution in [0.3, 0.4) is 0 Å². The number of rotatable bonds is 3. The number of ether oxygens (including phenoxy) is 1. The van der Waals surface area contributed by atoms with Gasteiger partial charge in [-0.3, -0.25) is 4.79 Å². The van der Waals surface area contributed by atoms with E-state index in [9.17, 15) is 4.79 Å². The summed E-state index contributed by atoms with van der Waals surface area (Å²) >= 11 is 0. The van der Waals surface area contributed by atoms with Crippen LogP contribution in [0.5, 0.6) is 5.75 Å². The summed E-state index contributed by atoms with van der Waals surface area (Å²) in [5.74, 6) is 0.759. The van der Waals surface area contributed by atoms with Crippen LogP contribution in [0.2, 0.25) is 0 Å². The summed E-state index contributed by atoms with van der Waals surface area (Å²) < 4.78 is 13.4. The number of aromatic nitrogens is 1. The van der Waals surface area contributed by atoms with E-state index in [1.807, 2.05) is 72.8 Å². The van der Waals surface area contributed by atoms with Crippen molar-refractivity contribution in [3.63, 3.8) is 0 Å². The Bertz CT molecular complexity index is 1300. The van der Waals surface area contributed by atoms with Crippen molar-refractivity contribution >= 4 is 27.6 Å². The van der Waals surface area contributed by atoms with Crippen molar-refractivity contribution < 1.29 is 9.15 Å². The third-order valence-electron chi connectivity index (χ3n) is 4.52. The molecule has 5 aromatic rings. The first-order valence-corrected chi connectivity index (χ1v) is 8.43. The molecule has 5 rings (SSSR count). The Morgan fingerprint density at radius 3 is 2.58 bits per heavy atom. The minimum atomic E-state index is -0.0743. The van der Waals surface area contributed by atoms with Crippen LogP contribution in [-0.2, 0) is 6.61 Å². The summed E-state index contributed by atoms with van der Waals surface area (Å²) in [5.41, 5.74) is 2.97. The Balaban J connectivity index is 1.60. The van der Waals surface area contributed by atoms with E-state index >= 15 is 0 Å². The molecule has 0 fully saturated rings. The number of hydrogen-bond donors (Lipinski definition) is 0. The Hall–Kier alpha value is -3.53. The number of fused-ring (bicyclic) bond motifs is 4. The third kappa shape index (κ3) is 2.35. The maximum atomic E-state index is 12.8. The Morgan fingerprint density at radius 2 is 1.69 bits per heavy atom. The van der Waals surface area contributed by atoms with Crippen molar-refractivity contribution in [3.8, 4) is 5.75 Å². The summed E-state index contributed by atoms with van der Waals surface area (Å²) in [5, 5.41) is 1.48. The summed E-state index contributed by atoms with van der Waals surface area (Å²) in [7, 11) is 0. The molecule has 2 aromatic heterocycles. The maximum absolute atomic E-state index is 12.8. The van der Waals surface area contributed by atoms with Crippen LogP contribution in [0, 0.1) is 0 Å². The van der Waals surface area contributed by atoms with Crippen molar-refractivity contribution in [3.05, 3.63) is 94.8 Å². The molecule has 0 unspecified atom stereocenters. The first kappa shape index (κ1) is 14.8. The van der Waals surface area contributed by atoms with Crippen molar-refractivity contribution in [1.82, 2.24) is 4.40 Å². The van der Waals surface area contributed by atoms with Gasteiger partial charge in [0.1, 0.15) is 17.9 Å². The molecule has 0 aliphatic heterocycles. The van der Waals surface area contributed by atoms with Gasteiger partial charge in [-0.05, 0) is 35.9 Å². The first-order chi connectivity index (χ1) is 12.8. The average molecular weight is 341 g/mol. The topological polar surface area (TPSA) is 43.8 Å². The maximum Gasteiger partial charge on any atom is 0.269 e. The molecule has 0 N–H and O–H groups in total. The van der Waals surface area contributed by atoms with Gasteiger partial charge in [0, 0.05) is 11.5 Å². The van der Waals surface area contributed by atoms with Gasteiger partial charge in [0.15, 0.2) is 0 Å². The van der Waals surface area contributed by atoms with Crippen molar-refractivity contribution in [2.24, 2.45) is 0 Å². The Morgan fingerprint density at radius 1 is 0.885 bits per heavy atom. The predicted molar refractivity (Wildman–Crippen MR) is 102 cm³/mol. The van der Waals surface area contributed by atoms with E-state index < -0.39 is 0 Å². The molecule has 0 atom stereocenters. The predicted octanol–water partition coefficient (Wildman–Crippen LogP) is 4.78. The van der Waals surface area contributed by atoms with Gasteiger partial charge in [-0.1, -0.05) is 42.5 Å². The van der Waals surface area contributed by atoms with Gasteiger partial charge in [0.25, 0.3) is 5.56 Å². The second kappa shape index (κ2) is 5.77. The second-order valence-electron chi connectivity index (χ2n) is 6.22. The number of benzene rings is 3. The number of hydrogen-bond acceptors (Lipinski definition) is 3. The lowest BCUT2D eigenvalue weighted by Crippen LogP contribution is -2.11. The van der Waals surface area contributed by atoms with Gasteiger partial charge in [-0.25, -0.2) is 4.40 Å². The van der Waals surface area contributed by atoms with Gasteiger partial charge in [-0.15, -0.1) is 0 Å². The molecule has 3 aromatic carbocycles. The lowest BCUT2D eigenvalue weighted by atomic mass is 10.2. The third-order valence-corrected chi connectivity index (χ3v) is 4.52. The van der Waals surface area contributed by atoms with E-state index in [2.05, 4.69) is 0 Å². The Kier molecular flexibility index (Phi) is 3.28. The van der Waals surface area contributed by atoms with Crippen molar-refractivity contribution in [2.75, 3.05) is 0 Å². The van der Waals surface area contributed by atoms with Gasteiger partial charge < -0.3 is 9.15 Å². The molecular formula is C22H15NO3. The van der Waals surface area contributed by atoms with Crippen LogP contribution in [0.15, 0.2) is 88.1 Å². The highest BCUT2D eigenvalue weighted by Crippen LogP contribution is 2.26. The normalized spacial score (nSPS) is 11.4. The van der Waals surface area contributed by atoms with Crippen LogP contribution >= 0.6 is 0 Å². The van der Waals surface area contributed by atoms with E-state index in [4.69, 9.17) is 9.15 Å². The molecule has 4 heteroatoms. The second-order valence-corrected chi connectivity index (χ2v) is 6.22. The molecule has 0 saturated heterocycles. The highest BCUT2D eigenvalue weighted by atomic mass is 16.5. The standard InChI is InChI=1S/C22H15NO3/c24-22-18-8-4-5-9-20(18)26-21-13-16-12-17(10-11-19(16)23(21)22)25-14-15-6-2-1-3-7-15/h1-13H,14H2. The van der Waals surface area contributed by atoms with Gasteiger partial charge in [0.2, 0.25) is 5.71 Å². The molecule has 0 aliphatic rings. The molecule has 0 saturated carbocycles. The Labute approximate surface area is 148 Å². The molecule has 0 amide bonds. The highest BCUT2D eigenvalue weighted by Gasteiger charge is 2.12. The zero-order valence-electron chi connectivity index (χ0n) is 13.9. The first-order valence-electron chi connectivity index (χ1n) is 8.43. The summed E-state index contributed by atoms with van der Waals surface area (Å²) in [4.78, 5) is 12.8. The molecule has 0 radical (unpaired) electrons. The molecule has 4 nitrogen and oxygen atoms in total. The number of nitrogens with zero attached hydrogens (tertiary/aromatic N) is 1. The van der Waals surface area contributed by atoms with Crippen molar-refractivity contribution in [2.45, 2.75) is 6.61 Å². The lowest BCUT2D eigenvalue weighted by molar-refractivity contribution is 0.306. The fourth-order valence-electron chi connectivity index (χ4n) is 3.25. The van der Waals surface area contributed by atoms with Crippen LogP contribution in [0.4, 0.5) is 0 Å². The molecular weight excluding hydrogens is 326 g/mol. The molecule has 2 heterocycles. The smallest absolute Gasteiger partial charge is 0.269 e. The van der Waals surface area contributed by atoms with Crippen LogP contribution in [0.25, 0.3) is 27.6 Å². The monoisotopic (exact) mass is 341 g/mol. The van der Waals surface area contributed by atoms with Crippen LogP contribution < -0.4 is 10.3 Å².